The Morgan fingerprint density at radius 3 is 2.88 bits per heavy atom. The molecular formula is C12H11N3O2. The van der Waals surface area contributed by atoms with Gasteiger partial charge < -0.3 is 9.84 Å². The number of carbonyl (C=O) groups excluding carboxylic acids is 1. The van der Waals surface area contributed by atoms with Crippen molar-refractivity contribution in [2.24, 2.45) is 0 Å². The van der Waals surface area contributed by atoms with Gasteiger partial charge in [0.2, 0.25) is 5.91 Å². The van der Waals surface area contributed by atoms with Crippen molar-refractivity contribution in [2.45, 2.75) is 20.3 Å². The van der Waals surface area contributed by atoms with Gasteiger partial charge in [-0.15, -0.1) is 0 Å². The molecule has 3 rings (SSSR count). The molecule has 0 saturated heterocycles. The van der Waals surface area contributed by atoms with Gasteiger partial charge in [-0.05, 0) is 19.9 Å². The van der Waals surface area contributed by atoms with Crippen LogP contribution in [0.1, 0.15) is 17.0 Å². The van der Waals surface area contributed by atoms with Gasteiger partial charge in [-0.25, -0.2) is 4.98 Å². The second-order valence-electron chi connectivity index (χ2n) is 4.13. The van der Waals surface area contributed by atoms with Crippen LogP contribution in [0.3, 0.4) is 0 Å². The van der Waals surface area contributed by atoms with Crippen LogP contribution >= 0.6 is 0 Å². The molecule has 2 aromatic heterocycles. The zero-order valence-corrected chi connectivity index (χ0v) is 9.57. The number of aryl methyl sites for hydroxylation is 2. The van der Waals surface area contributed by atoms with Crippen molar-refractivity contribution in [1.82, 2.24) is 10.1 Å². The molecule has 0 fully saturated rings. The summed E-state index contributed by atoms with van der Waals surface area (Å²) in [4.78, 5) is 15.7. The zero-order chi connectivity index (χ0) is 12.0. The predicted molar refractivity (Wildman–Crippen MR) is 61.5 cm³/mol. The van der Waals surface area contributed by atoms with E-state index in [4.69, 9.17) is 4.52 Å². The number of amides is 1. The summed E-state index contributed by atoms with van der Waals surface area (Å²) in [5.74, 6) is 1.37. The number of anilines is 1. The molecule has 0 aliphatic carbocycles. The van der Waals surface area contributed by atoms with Crippen molar-refractivity contribution in [3.05, 3.63) is 29.2 Å². The summed E-state index contributed by atoms with van der Waals surface area (Å²) in [5.41, 5.74) is 3.42. The van der Waals surface area contributed by atoms with E-state index in [9.17, 15) is 4.79 Å². The lowest BCUT2D eigenvalue weighted by molar-refractivity contribution is -0.115. The van der Waals surface area contributed by atoms with Crippen LogP contribution < -0.4 is 5.32 Å². The number of fused-ring (bicyclic) bond motifs is 1. The van der Waals surface area contributed by atoms with Crippen molar-refractivity contribution >= 4 is 11.7 Å². The first kappa shape index (κ1) is 10.0. The molecule has 1 aliphatic heterocycles. The minimum absolute atomic E-state index is 0.0107. The Labute approximate surface area is 97.8 Å². The largest absolute Gasteiger partial charge is 0.361 e. The minimum atomic E-state index is -0.0107. The van der Waals surface area contributed by atoms with Crippen molar-refractivity contribution in [2.75, 3.05) is 5.32 Å². The van der Waals surface area contributed by atoms with Crippen LogP contribution in [0.25, 0.3) is 11.3 Å². The Morgan fingerprint density at radius 1 is 1.35 bits per heavy atom. The molecule has 5 nitrogen and oxygen atoms in total. The van der Waals surface area contributed by atoms with Crippen molar-refractivity contribution < 1.29 is 9.32 Å². The highest BCUT2D eigenvalue weighted by Gasteiger charge is 2.21. The summed E-state index contributed by atoms with van der Waals surface area (Å²) in [7, 11) is 0. The van der Waals surface area contributed by atoms with Gasteiger partial charge >= 0.3 is 0 Å². The Morgan fingerprint density at radius 2 is 2.18 bits per heavy atom. The summed E-state index contributed by atoms with van der Waals surface area (Å²) < 4.78 is 5.11. The molecule has 5 heteroatoms. The number of hydrogen-bond donors (Lipinski definition) is 1. The predicted octanol–water partition coefficient (Wildman–Crippen LogP) is 1.85. The van der Waals surface area contributed by atoms with E-state index in [1.54, 1.807) is 0 Å². The van der Waals surface area contributed by atoms with Crippen molar-refractivity contribution in [3.63, 3.8) is 0 Å². The first-order valence-corrected chi connectivity index (χ1v) is 5.38. The SMILES string of the molecule is Cc1noc(C)c1-c1ccc2c(n1)NC(=O)C2. The molecule has 0 unspecified atom stereocenters. The lowest BCUT2D eigenvalue weighted by Crippen LogP contribution is -2.04. The van der Waals surface area contributed by atoms with Crippen LogP contribution in [0.4, 0.5) is 5.82 Å². The topological polar surface area (TPSA) is 68.0 Å². The highest BCUT2D eigenvalue weighted by molar-refractivity contribution is 5.98. The Kier molecular flexibility index (Phi) is 2.01. The summed E-state index contributed by atoms with van der Waals surface area (Å²) in [6.07, 6.45) is 0.407. The number of nitrogens with zero attached hydrogens (tertiary/aromatic N) is 2. The molecule has 3 heterocycles. The van der Waals surface area contributed by atoms with Gasteiger partial charge in [0.05, 0.1) is 23.4 Å². The molecule has 1 aliphatic rings. The third-order valence-electron chi connectivity index (χ3n) is 2.88. The van der Waals surface area contributed by atoms with E-state index in [1.807, 2.05) is 26.0 Å². The van der Waals surface area contributed by atoms with E-state index in [1.165, 1.54) is 0 Å². The second-order valence-corrected chi connectivity index (χ2v) is 4.13. The van der Waals surface area contributed by atoms with Crippen LogP contribution in [0.15, 0.2) is 16.7 Å². The molecule has 0 spiro atoms. The van der Waals surface area contributed by atoms with Gasteiger partial charge in [-0.2, -0.15) is 0 Å². The highest BCUT2D eigenvalue weighted by Crippen LogP contribution is 2.29. The van der Waals surface area contributed by atoms with E-state index in [0.29, 0.717) is 12.2 Å². The van der Waals surface area contributed by atoms with Crippen LogP contribution in [0.5, 0.6) is 0 Å². The molecule has 1 amide bonds. The van der Waals surface area contributed by atoms with Gasteiger partial charge in [0.15, 0.2) is 0 Å². The number of nitrogens with one attached hydrogen (secondary N) is 1. The third-order valence-corrected chi connectivity index (χ3v) is 2.88. The zero-order valence-electron chi connectivity index (χ0n) is 9.57. The number of hydrogen-bond acceptors (Lipinski definition) is 4. The maximum atomic E-state index is 11.2. The van der Waals surface area contributed by atoms with E-state index in [2.05, 4.69) is 15.5 Å². The fourth-order valence-electron chi connectivity index (χ4n) is 2.08. The van der Waals surface area contributed by atoms with E-state index in [0.717, 1.165) is 28.3 Å². The fourth-order valence-corrected chi connectivity index (χ4v) is 2.08. The molecule has 17 heavy (non-hydrogen) atoms. The monoisotopic (exact) mass is 229 g/mol. The first-order chi connectivity index (χ1) is 8.15. The lowest BCUT2D eigenvalue weighted by atomic mass is 10.1. The van der Waals surface area contributed by atoms with E-state index in [-0.39, 0.29) is 5.91 Å². The highest BCUT2D eigenvalue weighted by atomic mass is 16.5. The first-order valence-electron chi connectivity index (χ1n) is 5.38. The number of aromatic nitrogens is 2. The van der Waals surface area contributed by atoms with Crippen molar-refractivity contribution in [3.8, 4) is 11.3 Å². The molecular weight excluding hydrogens is 218 g/mol. The molecule has 86 valence electrons. The fraction of sp³-hybridized carbons (Fsp3) is 0.250. The Hall–Kier alpha value is -2.17. The maximum absolute atomic E-state index is 11.2. The van der Waals surface area contributed by atoms with Crippen LogP contribution in [-0.4, -0.2) is 16.0 Å². The number of rotatable bonds is 1. The van der Waals surface area contributed by atoms with Gasteiger partial charge in [0, 0.05) is 5.56 Å². The molecule has 0 atom stereocenters. The van der Waals surface area contributed by atoms with Crippen LogP contribution in [-0.2, 0) is 11.2 Å². The Bertz CT molecular complexity index is 597. The third kappa shape index (κ3) is 1.51. The lowest BCUT2D eigenvalue weighted by Gasteiger charge is -2.02. The molecule has 2 aromatic rings. The van der Waals surface area contributed by atoms with Gasteiger partial charge in [0.25, 0.3) is 0 Å². The molecule has 0 bridgehead atoms. The second kappa shape index (κ2) is 3.41. The molecule has 0 saturated carbocycles. The quantitative estimate of drug-likeness (QED) is 0.810. The molecule has 0 aromatic carbocycles. The standard InChI is InChI=1S/C12H11N3O2/c1-6-11(7(2)17-15-6)9-4-3-8-5-10(16)14-12(8)13-9/h3-4H,5H2,1-2H3,(H,13,14,16). The van der Waals surface area contributed by atoms with Gasteiger partial charge in [0.1, 0.15) is 11.6 Å². The summed E-state index contributed by atoms with van der Waals surface area (Å²) in [6.45, 7) is 3.72. The van der Waals surface area contributed by atoms with Gasteiger partial charge in [-0.1, -0.05) is 11.2 Å². The summed E-state index contributed by atoms with van der Waals surface area (Å²) in [5, 5.41) is 6.64. The van der Waals surface area contributed by atoms with Crippen LogP contribution in [0.2, 0.25) is 0 Å². The molecule has 1 N–H and O–H groups in total. The number of carbonyl (C=O) groups is 1. The summed E-state index contributed by atoms with van der Waals surface area (Å²) in [6, 6.07) is 3.81. The average molecular weight is 229 g/mol. The number of pyridine rings is 1. The van der Waals surface area contributed by atoms with E-state index >= 15 is 0 Å². The normalized spacial score (nSPS) is 13.6. The Balaban J connectivity index is 2.12. The smallest absolute Gasteiger partial charge is 0.230 e. The molecule has 0 radical (unpaired) electrons. The van der Waals surface area contributed by atoms with Crippen LogP contribution in [0, 0.1) is 13.8 Å². The average Bonchev–Trinajstić information content (AvgIpc) is 2.80. The summed E-state index contributed by atoms with van der Waals surface area (Å²) >= 11 is 0. The van der Waals surface area contributed by atoms with Crippen molar-refractivity contribution in [1.29, 1.82) is 0 Å². The van der Waals surface area contributed by atoms with E-state index < -0.39 is 0 Å². The maximum Gasteiger partial charge on any atom is 0.230 e. The van der Waals surface area contributed by atoms with Gasteiger partial charge in [-0.3, -0.25) is 4.79 Å². The minimum Gasteiger partial charge on any atom is -0.361 e.